The molecule has 1 amide bonds. The van der Waals surface area contributed by atoms with Gasteiger partial charge in [0.25, 0.3) is 5.69 Å². The van der Waals surface area contributed by atoms with Gasteiger partial charge in [-0.15, -0.1) is 0 Å². The number of hydrogen-bond donors (Lipinski definition) is 1. The molecular weight excluding hydrogens is 452 g/mol. The van der Waals surface area contributed by atoms with Gasteiger partial charge in [-0.2, -0.15) is 4.31 Å². The number of hydrogen-bond acceptors (Lipinski definition) is 8. The molecule has 0 radical (unpaired) electrons. The first-order valence-electron chi connectivity index (χ1n) is 11.4. The summed E-state index contributed by atoms with van der Waals surface area (Å²) in [6.07, 6.45) is 3.21. The van der Waals surface area contributed by atoms with Gasteiger partial charge < -0.3 is 19.7 Å². The Balaban J connectivity index is 1.41. The highest BCUT2D eigenvalue weighted by Crippen LogP contribution is 2.34. The van der Waals surface area contributed by atoms with Crippen molar-refractivity contribution in [2.24, 2.45) is 5.92 Å². The van der Waals surface area contributed by atoms with Crippen molar-refractivity contribution in [2.45, 2.75) is 36.7 Å². The van der Waals surface area contributed by atoms with Crippen molar-refractivity contribution >= 4 is 27.3 Å². The second-order valence-electron chi connectivity index (χ2n) is 8.57. The van der Waals surface area contributed by atoms with Gasteiger partial charge in [0.05, 0.1) is 29.1 Å². The number of nitro groups is 1. The van der Waals surface area contributed by atoms with Crippen LogP contribution < -0.4 is 10.2 Å². The fourth-order valence-electron chi connectivity index (χ4n) is 4.56. The van der Waals surface area contributed by atoms with Crippen molar-refractivity contribution in [1.29, 1.82) is 0 Å². The van der Waals surface area contributed by atoms with E-state index in [9.17, 15) is 23.3 Å². The molecule has 0 spiro atoms. The number of carbonyl (C=O) groups excluding carboxylic acids is 1. The van der Waals surface area contributed by atoms with Crippen LogP contribution in [0.2, 0.25) is 0 Å². The van der Waals surface area contributed by atoms with Crippen molar-refractivity contribution in [3.8, 4) is 0 Å². The first-order valence-corrected chi connectivity index (χ1v) is 12.8. The number of nitrogens with zero attached hydrogens (tertiary/aromatic N) is 3. The average molecular weight is 483 g/mol. The maximum atomic E-state index is 12.9. The number of nitrogens with one attached hydrogen (secondary N) is 1. The van der Waals surface area contributed by atoms with E-state index in [1.54, 1.807) is 0 Å². The van der Waals surface area contributed by atoms with Gasteiger partial charge in [0.2, 0.25) is 15.9 Å². The molecular formula is C21H30N4O7S. The van der Waals surface area contributed by atoms with E-state index in [1.807, 2.05) is 4.90 Å². The zero-order valence-corrected chi connectivity index (χ0v) is 19.3. The highest BCUT2D eigenvalue weighted by molar-refractivity contribution is 7.89. The van der Waals surface area contributed by atoms with Crippen molar-refractivity contribution < 1.29 is 27.6 Å². The van der Waals surface area contributed by atoms with E-state index in [0.29, 0.717) is 51.4 Å². The summed E-state index contributed by atoms with van der Waals surface area (Å²) in [5, 5.41) is 14.7. The van der Waals surface area contributed by atoms with Gasteiger partial charge in [0.15, 0.2) is 0 Å². The molecule has 1 unspecified atom stereocenters. The molecule has 11 nitrogen and oxygen atoms in total. The van der Waals surface area contributed by atoms with Crippen LogP contribution in [0.5, 0.6) is 0 Å². The maximum Gasteiger partial charge on any atom is 0.293 e. The number of morpholine rings is 1. The predicted octanol–water partition coefficient (Wildman–Crippen LogP) is 1.13. The first-order chi connectivity index (χ1) is 15.9. The van der Waals surface area contributed by atoms with Crippen LogP contribution in [0.25, 0.3) is 0 Å². The topological polar surface area (TPSA) is 131 Å². The molecule has 1 N–H and O–H groups in total. The van der Waals surface area contributed by atoms with E-state index >= 15 is 0 Å². The maximum absolute atomic E-state index is 12.9. The summed E-state index contributed by atoms with van der Waals surface area (Å²) in [4.78, 5) is 25.5. The lowest BCUT2D eigenvalue weighted by molar-refractivity contribution is -0.384. The number of anilines is 1. The molecule has 1 aromatic carbocycles. The minimum absolute atomic E-state index is 0.00778. The SMILES string of the molecule is O=C(NCC1CCCO1)C1CCN(c2ccc(S(=O)(=O)N3CCOCC3)cc2[N+](=O)[O-])CC1. The number of rotatable bonds is 7. The van der Waals surface area contributed by atoms with Crippen molar-refractivity contribution in [1.82, 2.24) is 9.62 Å². The molecule has 3 saturated heterocycles. The number of nitro benzene ring substituents is 1. The molecule has 0 saturated carbocycles. The molecule has 1 aromatic rings. The molecule has 3 aliphatic heterocycles. The summed E-state index contributed by atoms with van der Waals surface area (Å²) in [6, 6.07) is 4.07. The highest BCUT2D eigenvalue weighted by atomic mass is 32.2. The summed E-state index contributed by atoms with van der Waals surface area (Å²) >= 11 is 0. The van der Waals surface area contributed by atoms with Crippen LogP contribution in [-0.4, -0.2) is 82.2 Å². The van der Waals surface area contributed by atoms with Crippen LogP contribution in [0.1, 0.15) is 25.7 Å². The summed E-state index contributed by atoms with van der Waals surface area (Å²) < 4.78 is 37.8. The molecule has 3 fully saturated rings. The zero-order chi connectivity index (χ0) is 23.4. The standard InChI is InChI=1S/C21H30N4O7S/c26-21(22-15-17-2-1-11-32-17)16-5-7-23(8-6-16)19-4-3-18(14-20(19)25(27)28)33(29,30)24-9-12-31-13-10-24/h3-4,14,16-17H,1-2,5-13,15H2,(H,22,26). The molecule has 1 atom stereocenters. The number of piperidine rings is 1. The van der Waals surface area contributed by atoms with Gasteiger partial charge in [-0.3, -0.25) is 14.9 Å². The quantitative estimate of drug-likeness (QED) is 0.452. The van der Waals surface area contributed by atoms with E-state index in [1.165, 1.54) is 16.4 Å². The van der Waals surface area contributed by atoms with Crippen LogP contribution in [0.3, 0.4) is 0 Å². The van der Waals surface area contributed by atoms with Gasteiger partial charge in [0.1, 0.15) is 5.69 Å². The molecule has 0 bridgehead atoms. The van der Waals surface area contributed by atoms with E-state index in [4.69, 9.17) is 9.47 Å². The Kier molecular flexibility index (Phi) is 7.47. The fraction of sp³-hybridized carbons (Fsp3) is 0.667. The third-order valence-electron chi connectivity index (χ3n) is 6.49. The summed E-state index contributed by atoms with van der Waals surface area (Å²) in [6.45, 7) is 3.27. The molecule has 182 valence electrons. The number of sulfonamides is 1. The van der Waals surface area contributed by atoms with E-state index in [0.717, 1.165) is 25.5 Å². The molecule has 33 heavy (non-hydrogen) atoms. The van der Waals surface area contributed by atoms with Crippen LogP contribution in [0.15, 0.2) is 23.1 Å². The van der Waals surface area contributed by atoms with Gasteiger partial charge >= 0.3 is 0 Å². The highest BCUT2D eigenvalue weighted by Gasteiger charge is 2.32. The lowest BCUT2D eigenvalue weighted by atomic mass is 9.95. The minimum Gasteiger partial charge on any atom is -0.379 e. The number of carbonyl (C=O) groups is 1. The Hall–Kier alpha value is -2.28. The predicted molar refractivity (Wildman–Crippen MR) is 120 cm³/mol. The molecule has 4 rings (SSSR count). The summed E-state index contributed by atoms with van der Waals surface area (Å²) in [5.41, 5.74) is 0.129. The Morgan fingerprint density at radius 2 is 1.85 bits per heavy atom. The lowest BCUT2D eigenvalue weighted by Crippen LogP contribution is -2.42. The van der Waals surface area contributed by atoms with Gasteiger partial charge in [-0.25, -0.2) is 8.42 Å². The average Bonchev–Trinajstić information content (AvgIpc) is 3.36. The third-order valence-corrected chi connectivity index (χ3v) is 8.38. The second kappa shape index (κ2) is 10.3. The van der Waals surface area contributed by atoms with Gasteiger partial charge in [-0.1, -0.05) is 0 Å². The minimum atomic E-state index is -3.83. The normalized spacial score (nSPS) is 22.9. The van der Waals surface area contributed by atoms with E-state index in [2.05, 4.69) is 5.32 Å². The van der Waals surface area contributed by atoms with Gasteiger partial charge in [0, 0.05) is 51.3 Å². The second-order valence-corrected chi connectivity index (χ2v) is 10.5. The summed E-state index contributed by atoms with van der Waals surface area (Å²) in [5.74, 6) is -0.158. The van der Waals surface area contributed by atoms with Crippen LogP contribution >= 0.6 is 0 Å². The van der Waals surface area contributed by atoms with E-state index < -0.39 is 14.9 Å². The largest absolute Gasteiger partial charge is 0.379 e. The van der Waals surface area contributed by atoms with Crippen LogP contribution in [-0.2, 0) is 24.3 Å². The summed E-state index contributed by atoms with van der Waals surface area (Å²) in [7, 11) is -3.83. The monoisotopic (exact) mass is 482 g/mol. The fourth-order valence-corrected chi connectivity index (χ4v) is 5.99. The Morgan fingerprint density at radius 3 is 2.48 bits per heavy atom. The molecule has 12 heteroatoms. The van der Waals surface area contributed by atoms with Crippen molar-refractivity contribution in [3.05, 3.63) is 28.3 Å². The Morgan fingerprint density at radius 1 is 1.12 bits per heavy atom. The first kappa shape index (κ1) is 23.9. The third kappa shape index (κ3) is 5.45. The number of amides is 1. The Bertz CT molecular complexity index is 967. The zero-order valence-electron chi connectivity index (χ0n) is 18.5. The Labute approximate surface area is 193 Å². The molecule has 3 heterocycles. The smallest absolute Gasteiger partial charge is 0.293 e. The number of benzene rings is 1. The lowest BCUT2D eigenvalue weighted by Gasteiger charge is -2.33. The molecule has 0 aliphatic carbocycles. The van der Waals surface area contributed by atoms with Crippen molar-refractivity contribution in [2.75, 3.05) is 57.4 Å². The van der Waals surface area contributed by atoms with Crippen LogP contribution in [0, 0.1) is 16.0 Å². The van der Waals surface area contributed by atoms with Crippen molar-refractivity contribution in [3.63, 3.8) is 0 Å². The van der Waals surface area contributed by atoms with Gasteiger partial charge in [-0.05, 0) is 37.8 Å². The molecule has 0 aromatic heterocycles. The molecule has 3 aliphatic rings. The number of ether oxygens (including phenoxy) is 2. The van der Waals surface area contributed by atoms with E-state index in [-0.39, 0.29) is 41.6 Å². The van der Waals surface area contributed by atoms with Crippen LogP contribution in [0.4, 0.5) is 11.4 Å².